The van der Waals surface area contributed by atoms with Gasteiger partial charge in [0.1, 0.15) is 4.21 Å². The van der Waals surface area contributed by atoms with E-state index in [1.165, 1.54) is 7.11 Å². The first-order valence-corrected chi connectivity index (χ1v) is 9.99. The average Bonchev–Trinajstić information content (AvgIpc) is 3.23. The van der Waals surface area contributed by atoms with Gasteiger partial charge >= 0.3 is 5.97 Å². The summed E-state index contributed by atoms with van der Waals surface area (Å²) in [5.41, 5.74) is 1.32. The Morgan fingerprint density at radius 3 is 2.64 bits per heavy atom. The number of ketones is 1. The minimum atomic E-state index is -3.49. The summed E-state index contributed by atoms with van der Waals surface area (Å²) in [5.74, 6) is -0.580. The second kappa shape index (κ2) is 8.41. The summed E-state index contributed by atoms with van der Waals surface area (Å²) >= 11 is 1.16. The second-order valence-corrected chi connectivity index (χ2v) is 8.29. The van der Waals surface area contributed by atoms with Gasteiger partial charge in [0.25, 0.3) is 0 Å². The summed E-state index contributed by atoms with van der Waals surface area (Å²) < 4.78 is 33.2. The number of thiophene rings is 1. The molecule has 1 N–H and O–H groups in total. The van der Waals surface area contributed by atoms with Crippen molar-refractivity contribution in [2.75, 3.05) is 13.7 Å². The monoisotopic (exact) mass is 384 g/mol. The Balaban J connectivity index is 1.93. The molecule has 7 nitrogen and oxygen atoms in total. The molecule has 25 heavy (non-hydrogen) atoms. The van der Waals surface area contributed by atoms with E-state index >= 15 is 0 Å². The molecule has 9 heteroatoms. The van der Waals surface area contributed by atoms with Crippen LogP contribution < -0.4 is 4.72 Å². The van der Waals surface area contributed by atoms with Gasteiger partial charge in [-0.2, -0.15) is 0 Å². The van der Waals surface area contributed by atoms with Crippen LogP contribution in [0.3, 0.4) is 0 Å². The minimum absolute atomic E-state index is 0.0382. The van der Waals surface area contributed by atoms with Gasteiger partial charge in [-0.3, -0.25) is 9.59 Å². The predicted octanol–water partition coefficient (Wildman–Crippen LogP) is 1.74. The Morgan fingerprint density at radius 1 is 1.24 bits per heavy atom. The number of esters is 1. The summed E-state index contributed by atoms with van der Waals surface area (Å²) in [6, 6.07) is 6.70. The zero-order valence-electron chi connectivity index (χ0n) is 14.0. The summed E-state index contributed by atoms with van der Waals surface area (Å²) in [6.07, 6.45) is 0.566. The molecule has 0 fully saturated rings. The Kier molecular flexibility index (Phi) is 6.51. The third-order valence-electron chi connectivity index (χ3n) is 3.73. The van der Waals surface area contributed by atoms with Crippen LogP contribution in [0.1, 0.15) is 29.0 Å². The maximum absolute atomic E-state index is 12.1. The molecule has 0 aromatic carbocycles. The molecule has 2 aromatic rings. The lowest BCUT2D eigenvalue weighted by Gasteiger charge is -2.08. The van der Waals surface area contributed by atoms with Gasteiger partial charge in [0.15, 0.2) is 5.78 Å². The number of carbonyl (C=O) groups excluding carboxylic acids is 2. The molecule has 0 bridgehead atoms. The van der Waals surface area contributed by atoms with Gasteiger partial charge in [0, 0.05) is 32.1 Å². The van der Waals surface area contributed by atoms with E-state index in [0.29, 0.717) is 12.1 Å². The lowest BCUT2D eigenvalue weighted by Crippen LogP contribution is -2.25. The van der Waals surface area contributed by atoms with E-state index in [-0.39, 0.29) is 29.4 Å². The molecule has 2 heterocycles. The number of aromatic nitrogens is 1. The van der Waals surface area contributed by atoms with Crippen LogP contribution >= 0.6 is 11.3 Å². The van der Waals surface area contributed by atoms with Gasteiger partial charge in [0.05, 0.1) is 19.2 Å². The molecule has 0 aliphatic carbocycles. The Labute approximate surface area is 150 Å². The van der Waals surface area contributed by atoms with Crippen LogP contribution in [-0.2, 0) is 33.0 Å². The van der Waals surface area contributed by atoms with Gasteiger partial charge in [-0.05, 0) is 23.6 Å². The Morgan fingerprint density at radius 2 is 2.00 bits per heavy atom. The molecule has 2 aromatic heterocycles. The quantitative estimate of drug-likeness (QED) is 0.525. The maximum atomic E-state index is 12.1. The summed E-state index contributed by atoms with van der Waals surface area (Å²) in [4.78, 5) is 23.3. The van der Waals surface area contributed by atoms with Crippen molar-refractivity contribution in [3.63, 3.8) is 0 Å². The van der Waals surface area contributed by atoms with Crippen LogP contribution in [0.15, 0.2) is 33.9 Å². The SMILES string of the molecule is COC(=O)CCC(=O)c1ccc(CCNS(=O)(=O)c2cccs2)n1C. The standard InChI is InChI=1S/C16H20N2O5S2/c1-18-12(5-6-13(18)14(19)7-8-15(20)23-2)9-10-17-25(21,22)16-4-3-11-24-16/h3-6,11,17H,7-10H2,1-2H3. The zero-order chi connectivity index (χ0) is 18.4. The van der Waals surface area contributed by atoms with E-state index in [1.54, 1.807) is 41.3 Å². The normalized spacial score (nSPS) is 11.4. The predicted molar refractivity (Wildman–Crippen MR) is 94.2 cm³/mol. The highest BCUT2D eigenvalue weighted by Crippen LogP contribution is 2.16. The van der Waals surface area contributed by atoms with Crippen molar-refractivity contribution in [2.45, 2.75) is 23.5 Å². The van der Waals surface area contributed by atoms with E-state index in [1.807, 2.05) is 0 Å². The molecule has 0 unspecified atom stereocenters. The molecule has 0 saturated heterocycles. The number of rotatable bonds is 9. The summed E-state index contributed by atoms with van der Waals surface area (Å²) in [7, 11) is -0.463. The number of sulfonamides is 1. The molecule has 2 rings (SSSR count). The first kappa shape index (κ1) is 19.4. The van der Waals surface area contributed by atoms with Crippen molar-refractivity contribution < 1.29 is 22.7 Å². The molecule has 0 radical (unpaired) electrons. The number of ether oxygens (including phenoxy) is 1. The fourth-order valence-corrected chi connectivity index (χ4v) is 4.40. The van der Waals surface area contributed by atoms with E-state index in [2.05, 4.69) is 9.46 Å². The second-order valence-electron chi connectivity index (χ2n) is 5.35. The third-order valence-corrected chi connectivity index (χ3v) is 6.59. The highest BCUT2D eigenvalue weighted by Gasteiger charge is 2.16. The van der Waals surface area contributed by atoms with Crippen LogP contribution in [-0.4, -0.2) is 38.4 Å². The number of nitrogens with one attached hydrogen (secondary N) is 1. The van der Waals surface area contributed by atoms with Gasteiger partial charge in [-0.15, -0.1) is 11.3 Å². The van der Waals surface area contributed by atoms with E-state index in [0.717, 1.165) is 17.0 Å². The average molecular weight is 384 g/mol. The number of hydrogen-bond donors (Lipinski definition) is 1. The highest BCUT2D eigenvalue weighted by molar-refractivity contribution is 7.91. The van der Waals surface area contributed by atoms with Crippen LogP contribution in [0.25, 0.3) is 0 Å². The lowest BCUT2D eigenvalue weighted by molar-refractivity contribution is -0.140. The van der Waals surface area contributed by atoms with Gasteiger partial charge in [-0.1, -0.05) is 6.07 Å². The van der Waals surface area contributed by atoms with Gasteiger partial charge < -0.3 is 9.30 Å². The van der Waals surface area contributed by atoms with Crippen molar-refractivity contribution >= 4 is 33.1 Å². The molecule has 0 aliphatic heterocycles. The number of Topliss-reactive ketones (excluding diaryl/α,β-unsaturated/α-hetero) is 1. The van der Waals surface area contributed by atoms with Crippen LogP contribution in [0.5, 0.6) is 0 Å². The molecular weight excluding hydrogens is 364 g/mol. The highest BCUT2D eigenvalue weighted by atomic mass is 32.2. The molecule has 0 saturated carbocycles. The van der Waals surface area contributed by atoms with E-state index < -0.39 is 16.0 Å². The minimum Gasteiger partial charge on any atom is -0.469 e. The first-order valence-electron chi connectivity index (χ1n) is 7.63. The number of carbonyl (C=O) groups is 2. The zero-order valence-corrected chi connectivity index (χ0v) is 15.7. The molecule has 0 amide bonds. The van der Waals surface area contributed by atoms with Crippen LogP contribution in [0.2, 0.25) is 0 Å². The topological polar surface area (TPSA) is 94.5 Å². The molecule has 0 atom stereocenters. The smallest absolute Gasteiger partial charge is 0.305 e. The first-order chi connectivity index (χ1) is 11.8. The molecule has 0 spiro atoms. The third kappa shape index (κ3) is 5.00. The fraction of sp³-hybridized carbons (Fsp3) is 0.375. The Hall–Kier alpha value is -1.97. The summed E-state index contributed by atoms with van der Waals surface area (Å²) in [6.45, 7) is 0.230. The van der Waals surface area contributed by atoms with E-state index in [4.69, 9.17) is 0 Å². The number of methoxy groups -OCH3 is 1. The van der Waals surface area contributed by atoms with E-state index in [9.17, 15) is 18.0 Å². The molecule has 0 aliphatic rings. The van der Waals surface area contributed by atoms with Gasteiger partial charge in [0.2, 0.25) is 10.0 Å². The van der Waals surface area contributed by atoms with Crippen molar-refractivity contribution in [3.05, 3.63) is 41.0 Å². The fourth-order valence-electron chi connectivity index (χ4n) is 2.33. The number of hydrogen-bond acceptors (Lipinski definition) is 6. The van der Waals surface area contributed by atoms with Crippen molar-refractivity contribution in [3.8, 4) is 0 Å². The Bertz CT molecular complexity index is 838. The molecular formula is C16H20N2O5S2. The number of nitrogens with zero attached hydrogens (tertiary/aromatic N) is 1. The van der Waals surface area contributed by atoms with Gasteiger partial charge in [-0.25, -0.2) is 13.1 Å². The van der Waals surface area contributed by atoms with Crippen LogP contribution in [0.4, 0.5) is 0 Å². The maximum Gasteiger partial charge on any atom is 0.305 e. The van der Waals surface area contributed by atoms with Crippen LogP contribution in [0, 0.1) is 0 Å². The summed E-state index contributed by atoms with van der Waals surface area (Å²) in [5, 5.41) is 1.71. The van der Waals surface area contributed by atoms with Crippen molar-refractivity contribution in [1.29, 1.82) is 0 Å². The lowest BCUT2D eigenvalue weighted by atomic mass is 10.2. The van der Waals surface area contributed by atoms with Crippen molar-refractivity contribution in [2.24, 2.45) is 7.05 Å². The van der Waals surface area contributed by atoms with Crippen molar-refractivity contribution in [1.82, 2.24) is 9.29 Å². The largest absolute Gasteiger partial charge is 0.469 e. The molecule has 136 valence electrons.